The zero-order valence-corrected chi connectivity index (χ0v) is 11.1. The van der Waals surface area contributed by atoms with Crippen LogP contribution in [0.3, 0.4) is 0 Å². The normalized spacial score (nSPS) is 11.6. The zero-order valence-electron chi connectivity index (χ0n) is 9.53. The Hall–Kier alpha value is -1.38. The van der Waals surface area contributed by atoms with Crippen molar-refractivity contribution in [2.45, 2.75) is 13.3 Å². The van der Waals surface area contributed by atoms with Gasteiger partial charge in [0, 0.05) is 10.9 Å². The summed E-state index contributed by atoms with van der Waals surface area (Å²) in [6.45, 7) is 2.41. The van der Waals surface area contributed by atoms with Gasteiger partial charge < -0.3 is 11.1 Å². The fourth-order valence-electron chi connectivity index (χ4n) is 1.29. The fourth-order valence-corrected chi connectivity index (χ4v) is 1.77. The molecule has 1 aromatic carbocycles. The lowest BCUT2D eigenvalue weighted by Gasteiger charge is -2.10. The smallest absolute Gasteiger partial charge is 0.224 e. The van der Waals surface area contributed by atoms with E-state index in [-0.39, 0.29) is 11.8 Å². The first kappa shape index (κ1) is 13.7. The van der Waals surface area contributed by atoms with Crippen molar-refractivity contribution in [2.75, 3.05) is 11.9 Å². The summed E-state index contributed by atoms with van der Waals surface area (Å²) in [5, 5.41) is 11.5. The molecule has 0 fully saturated rings. The molecule has 17 heavy (non-hydrogen) atoms. The number of nitrogens with one attached hydrogen (secondary N) is 1. The lowest BCUT2D eigenvalue weighted by molar-refractivity contribution is -0.116. The Balaban J connectivity index is 2.69. The molecule has 1 rings (SSSR count). The third-order valence-electron chi connectivity index (χ3n) is 2.31. The number of nitrogens with zero attached hydrogens (tertiary/aromatic N) is 1. The highest BCUT2D eigenvalue weighted by Crippen LogP contribution is 2.23. The van der Waals surface area contributed by atoms with Gasteiger partial charge in [0.05, 0.1) is 17.3 Å². The van der Waals surface area contributed by atoms with Crippen molar-refractivity contribution in [3.05, 3.63) is 28.2 Å². The van der Waals surface area contributed by atoms with Crippen LogP contribution in [0.15, 0.2) is 22.7 Å². The second-order valence-electron chi connectivity index (χ2n) is 3.90. The number of nitriles is 1. The average Bonchev–Trinajstić information content (AvgIpc) is 2.31. The SMILES string of the molecule is CC(CN)CC(=O)Nc1ccc(C#N)cc1Br. The molecule has 0 spiro atoms. The predicted molar refractivity (Wildman–Crippen MR) is 70.3 cm³/mol. The molecule has 0 aliphatic rings. The molecule has 0 aliphatic carbocycles. The molecule has 0 saturated heterocycles. The molecule has 1 amide bonds. The summed E-state index contributed by atoms with van der Waals surface area (Å²) in [6, 6.07) is 7.06. The molecule has 0 aromatic heterocycles. The molecule has 1 unspecified atom stereocenters. The minimum Gasteiger partial charge on any atom is -0.330 e. The molecule has 4 nitrogen and oxygen atoms in total. The number of anilines is 1. The lowest BCUT2D eigenvalue weighted by Crippen LogP contribution is -2.20. The number of halogens is 1. The molecule has 3 N–H and O–H groups in total. The summed E-state index contributed by atoms with van der Waals surface area (Å²) in [5.41, 5.74) is 6.67. The van der Waals surface area contributed by atoms with Crippen LogP contribution in [-0.2, 0) is 4.79 Å². The molecule has 90 valence electrons. The fraction of sp³-hybridized carbons (Fsp3) is 0.333. The Morgan fingerprint density at radius 3 is 2.88 bits per heavy atom. The maximum absolute atomic E-state index is 11.6. The van der Waals surface area contributed by atoms with Crippen molar-refractivity contribution >= 4 is 27.5 Å². The summed E-state index contributed by atoms with van der Waals surface area (Å²) in [6.07, 6.45) is 0.392. The van der Waals surface area contributed by atoms with Gasteiger partial charge in [-0.3, -0.25) is 4.79 Å². The van der Waals surface area contributed by atoms with Crippen LogP contribution in [0.4, 0.5) is 5.69 Å². The molecule has 0 aliphatic heterocycles. The van der Waals surface area contributed by atoms with E-state index in [9.17, 15) is 4.79 Å². The third kappa shape index (κ3) is 4.17. The molecular formula is C12H14BrN3O. The first-order chi connectivity index (χ1) is 8.06. The van der Waals surface area contributed by atoms with E-state index < -0.39 is 0 Å². The number of hydrogen-bond acceptors (Lipinski definition) is 3. The van der Waals surface area contributed by atoms with Crippen LogP contribution in [0.2, 0.25) is 0 Å². The average molecular weight is 296 g/mol. The van der Waals surface area contributed by atoms with Gasteiger partial charge in [-0.05, 0) is 46.6 Å². The van der Waals surface area contributed by atoms with Crippen molar-refractivity contribution in [3.8, 4) is 6.07 Å². The summed E-state index contributed by atoms with van der Waals surface area (Å²) in [7, 11) is 0. The third-order valence-corrected chi connectivity index (χ3v) is 2.96. The standard InChI is InChI=1S/C12H14BrN3O/c1-8(6-14)4-12(17)16-11-3-2-9(7-15)5-10(11)13/h2-3,5,8H,4,6,14H2,1H3,(H,16,17). The predicted octanol–water partition coefficient (Wildman–Crippen LogP) is 2.24. The van der Waals surface area contributed by atoms with E-state index in [1.165, 1.54) is 0 Å². The number of amides is 1. The summed E-state index contributed by atoms with van der Waals surface area (Å²) in [4.78, 5) is 11.6. The number of nitrogens with two attached hydrogens (primary N) is 1. The van der Waals surface area contributed by atoms with Crippen LogP contribution < -0.4 is 11.1 Å². The molecule has 1 atom stereocenters. The van der Waals surface area contributed by atoms with E-state index in [1.54, 1.807) is 18.2 Å². The Morgan fingerprint density at radius 1 is 1.65 bits per heavy atom. The van der Waals surface area contributed by atoms with E-state index in [2.05, 4.69) is 21.2 Å². The van der Waals surface area contributed by atoms with Gasteiger partial charge in [-0.2, -0.15) is 5.26 Å². The second kappa shape index (κ2) is 6.38. The topological polar surface area (TPSA) is 78.9 Å². The molecule has 5 heteroatoms. The van der Waals surface area contributed by atoms with E-state index in [0.29, 0.717) is 28.7 Å². The van der Waals surface area contributed by atoms with E-state index in [0.717, 1.165) is 0 Å². The van der Waals surface area contributed by atoms with Crippen LogP contribution in [0.5, 0.6) is 0 Å². The van der Waals surface area contributed by atoms with Gasteiger partial charge in [0.1, 0.15) is 0 Å². The zero-order chi connectivity index (χ0) is 12.8. The summed E-state index contributed by atoms with van der Waals surface area (Å²) >= 11 is 3.31. The lowest BCUT2D eigenvalue weighted by atomic mass is 10.1. The molecular weight excluding hydrogens is 282 g/mol. The van der Waals surface area contributed by atoms with E-state index in [4.69, 9.17) is 11.0 Å². The first-order valence-electron chi connectivity index (χ1n) is 5.26. The van der Waals surface area contributed by atoms with Crippen molar-refractivity contribution < 1.29 is 4.79 Å². The van der Waals surface area contributed by atoms with Gasteiger partial charge >= 0.3 is 0 Å². The van der Waals surface area contributed by atoms with Gasteiger partial charge in [0.2, 0.25) is 5.91 Å². The number of carbonyl (C=O) groups excluding carboxylic acids is 1. The molecule has 0 bridgehead atoms. The minimum atomic E-state index is -0.0756. The highest BCUT2D eigenvalue weighted by atomic mass is 79.9. The molecule has 1 aromatic rings. The largest absolute Gasteiger partial charge is 0.330 e. The number of benzene rings is 1. The van der Waals surface area contributed by atoms with E-state index in [1.807, 2.05) is 13.0 Å². The quantitative estimate of drug-likeness (QED) is 0.894. The summed E-state index contributed by atoms with van der Waals surface area (Å²) < 4.78 is 0.699. The van der Waals surface area contributed by atoms with Crippen molar-refractivity contribution in [1.29, 1.82) is 5.26 Å². The monoisotopic (exact) mass is 295 g/mol. The van der Waals surface area contributed by atoms with Gasteiger partial charge in [-0.15, -0.1) is 0 Å². The molecule has 0 saturated carbocycles. The van der Waals surface area contributed by atoms with Crippen LogP contribution >= 0.6 is 15.9 Å². The Kier molecular flexibility index (Phi) is 5.13. The maximum Gasteiger partial charge on any atom is 0.224 e. The minimum absolute atomic E-state index is 0.0756. The number of hydrogen-bond donors (Lipinski definition) is 2. The Bertz CT molecular complexity index is 454. The first-order valence-corrected chi connectivity index (χ1v) is 6.05. The number of carbonyl (C=O) groups is 1. The van der Waals surface area contributed by atoms with Gasteiger partial charge in [-0.1, -0.05) is 6.92 Å². The van der Waals surface area contributed by atoms with E-state index >= 15 is 0 Å². The van der Waals surface area contributed by atoms with Gasteiger partial charge in [0.15, 0.2) is 0 Å². The van der Waals surface area contributed by atoms with Crippen LogP contribution in [0, 0.1) is 17.2 Å². The Morgan fingerprint density at radius 2 is 2.35 bits per heavy atom. The highest BCUT2D eigenvalue weighted by Gasteiger charge is 2.09. The molecule has 0 heterocycles. The maximum atomic E-state index is 11.6. The summed E-state index contributed by atoms with van der Waals surface area (Å²) in [5.74, 6) is 0.0838. The second-order valence-corrected chi connectivity index (χ2v) is 4.75. The van der Waals surface area contributed by atoms with Crippen LogP contribution in [-0.4, -0.2) is 12.5 Å². The van der Waals surface area contributed by atoms with Gasteiger partial charge in [-0.25, -0.2) is 0 Å². The van der Waals surface area contributed by atoms with Crippen molar-refractivity contribution in [2.24, 2.45) is 11.7 Å². The Labute approximate surface area is 109 Å². The van der Waals surface area contributed by atoms with Crippen molar-refractivity contribution in [3.63, 3.8) is 0 Å². The molecule has 0 radical (unpaired) electrons. The van der Waals surface area contributed by atoms with Crippen LogP contribution in [0.25, 0.3) is 0 Å². The van der Waals surface area contributed by atoms with Crippen LogP contribution in [0.1, 0.15) is 18.9 Å². The number of rotatable bonds is 4. The highest BCUT2D eigenvalue weighted by molar-refractivity contribution is 9.10. The van der Waals surface area contributed by atoms with Crippen molar-refractivity contribution in [1.82, 2.24) is 0 Å². The van der Waals surface area contributed by atoms with Gasteiger partial charge in [0.25, 0.3) is 0 Å².